The van der Waals surface area contributed by atoms with Crippen molar-refractivity contribution >= 4 is 28.6 Å². The van der Waals surface area contributed by atoms with Crippen molar-refractivity contribution in [2.45, 2.75) is 51.7 Å². The summed E-state index contributed by atoms with van der Waals surface area (Å²) in [4.78, 5) is 27.1. The van der Waals surface area contributed by atoms with Gasteiger partial charge in [0.15, 0.2) is 0 Å². The number of nitrogens with one attached hydrogen (secondary N) is 1. The molecule has 1 atom stereocenters. The molecule has 1 saturated carbocycles. The van der Waals surface area contributed by atoms with E-state index in [0.717, 1.165) is 38.0 Å². The minimum absolute atomic E-state index is 0.0286. The molecule has 3 heterocycles. The first kappa shape index (κ1) is 17.9. The summed E-state index contributed by atoms with van der Waals surface area (Å²) in [5.41, 5.74) is 2.48. The van der Waals surface area contributed by atoms with Gasteiger partial charge in [-0.25, -0.2) is 0 Å². The average molecular weight is 392 g/mol. The van der Waals surface area contributed by atoms with Gasteiger partial charge in [0.05, 0.1) is 0 Å². The average Bonchev–Trinajstić information content (AvgIpc) is 2.98. The molecule has 0 aromatic carbocycles. The Balaban J connectivity index is 1.47. The first-order valence-electron chi connectivity index (χ1n) is 9.25. The van der Waals surface area contributed by atoms with Crippen LogP contribution in [0.2, 0.25) is 0 Å². The molecule has 0 radical (unpaired) electrons. The molecule has 5 nitrogen and oxygen atoms in total. The number of carbonyl (C=O) groups excluding carboxylic acids is 1. The largest absolute Gasteiger partial charge is 0.335 e. The van der Waals surface area contributed by atoms with Gasteiger partial charge in [0, 0.05) is 36.6 Å². The van der Waals surface area contributed by atoms with Crippen LogP contribution in [-0.2, 0) is 17.9 Å². The zero-order valence-electron chi connectivity index (χ0n) is 15.1. The highest BCUT2D eigenvalue weighted by molar-refractivity contribution is 7.08. The molecular formula is C19H25N3O2S2. The van der Waals surface area contributed by atoms with E-state index < -0.39 is 0 Å². The number of thiazole rings is 1. The van der Waals surface area contributed by atoms with Gasteiger partial charge < -0.3 is 14.8 Å². The Kier molecular flexibility index (Phi) is 5.03. The van der Waals surface area contributed by atoms with Crippen LogP contribution in [0.5, 0.6) is 0 Å². The summed E-state index contributed by atoms with van der Waals surface area (Å²) in [7, 11) is 0. The number of aromatic nitrogens is 1. The minimum Gasteiger partial charge on any atom is -0.335 e. The number of piperidine rings is 1. The Labute approximate surface area is 161 Å². The number of carbonyl (C=O) groups is 1. The summed E-state index contributed by atoms with van der Waals surface area (Å²) < 4.78 is 1.72. The monoisotopic (exact) mass is 391 g/mol. The third-order valence-electron chi connectivity index (χ3n) is 5.90. The van der Waals surface area contributed by atoms with Crippen molar-refractivity contribution in [1.29, 1.82) is 0 Å². The lowest BCUT2D eigenvalue weighted by Crippen LogP contribution is -2.39. The van der Waals surface area contributed by atoms with Gasteiger partial charge in [-0.15, -0.1) is 0 Å². The maximum absolute atomic E-state index is 13.1. The number of rotatable bonds is 6. The van der Waals surface area contributed by atoms with E-state index in [4.69, 9.17) is 0 Å². The summed E-state index contributed by atoms with van der Waals surface area (Å²) in [6.07, 6.45) is 3.84. The number of aryl methyl sites for hydroxylation is 1. The lowest BCUT2D eigenvalue weighted by molar-refractivity contribution is -0.133. The van der Waals surface area contributed by atoms with E-state index in [2.05, 4.69) is 27.0 Å². The predicted molar refractivity (Wildman–Crippen MR) is 106 cm³/mol. The van der Waals surface area contributed by atoms with E-state index >= 15 is 0 Å². The van der Waals surface area contributed by atoms with Crippen LogP contribution in [-0.4, -0.2) is 34.5 Å². The van der Waals surface area contributed by atoms with E-state index in [-0.39, 0.29) is 10.8 Å². The Morgan fingerprint density at radius 1 is 1.38 bits per heavy atom. The van der Waals surface area contributed by atoms with Gasteiger partial charge in [-0.05, 0) is 67.1 Å². The van der Waals surface area contributed by atoms with Crippen LogP contribution < -0.4 is 10.2 Å². The van der Waals surface area contributed by atoms with E-state index in [0.29, 0.717) is 31.0 Å². The molecule has 2 aromatic rings. The lowest BCUT2D eigenvalue weighted by atomic mass is 9.93. The van der Waals surface area contributed by atoms with Crippen molar-refractivity contribution in [2.24, 2.45) is 5.41 Å². The standard InChI is InChI=1S/C19H25N3O2S2/c1-14-12-26-18(24)21(14)8-2-17(23)22(11-15-3-9-25-13-15)16-10-19(16)4-6-20-7-5-19/h3,9,12-13,16,20H,2,4-8,10-11H2,1H3. The lowest BCUT2D eigenvalue weighted by Gasteiger charge is -2.29. The summed E-state index contributed by atoms with van der Waals surface area (Å²) in [6, 6.07) is 2.47. The van der Waals surface area contributed by atoms with Crippen molar-refractivity contribution < 1.29 is 4.79 Å². The fourth-order valence-electron chi connectivity index (χ4n) is 4.21. The van der Waals surface area contributed by atoms with Gasteiger partial charge in [-0.2, -0.15) is 11.3 Å². The minimum atomic E-state index is 0.0286. The molecule has 26 heavy (non-hydrogen) atoms. The Bertz CT molecular complexity index is 818. The number of hydrogen-bond donors (Lipinski definition) is 1. The second-order valence-electron chi connectivity index (χ2n) is 7.53. The Hall–Kier alpha value is -1.44. The maximum atomic E-state index is 13.1. The normalized spacial score (nSPS) is 21.0. The molecule has 140 valence electrons. The number of nitrogens with zero attached hydrogens (tertiary/aromatic N) is 2. The van der Waals surface area contributed by atoms with Gasteiger partial charge in [0.2, 0.25) is 5.91 Å². The smallest absolute Gasteiger partial charge is 0.307 e. The van der Waals surface area contributed by atoms with Gasteiger partial charge in [0.1, 0.15) is 0 Å². The van der Waals surface area contributed by atoms with Crippen LogP contribution in [0.25, 0.3) is 0 Å². The number of thiophene rings is 1. The molecular weight excluding hydrogens is 366 g/mol. The van der Waals surface area contributed by atoms with Gasteiger partial charge >= 0.3 is 4.87 Å². The zero-order chi connectivity index (χ0) is 18.1. The van der Waals surface area contributed by atoms with E-state index in [1.54, 1.807) is 15.9 Å². The Morgan fingerprint density at radius 3 is 2.85 bits per heavy atom. The molecule has 1 unspecified atom stereocenters. The van der Waals surface area contributed by atoms with Crippen LogP contribution in [0, 0.1) is 12.3 Å². The van der Waals surface area contributed by atoms with Crippen LogP contribution in [0.4, 0.5) is 0 Å². The van der Waals surface area contributed by atoms with Gasteiger partial charge in [0.25, 0.3) is 0 Å². The molecule has 1 aliphatic carbocycles. The molecule has 7 heteroatoms. The van der Waals surface area contributed by atoms with Crippen molar-refractivity contribution in [3.63, 3.8) is 0 Å². The third-order valence-corrected chi connectivity index (χ3v) is 7.51. The van der Waals surface area contributed by atoms with Gasteiger partial charge in [-0.1, -0.05) is 11.3 Å². The second kappa shape index (κ2) is 7.29. The van der Waals surface area contributed by atoms with E-state index in [9.17, 15) is 9.59 Å². The third kappa shape index (κ3) is 3.52. The quantitative estimate of drug-likeness (QED) is 0.824. The molecule has 0 bridgehead atoms. The van der Waals surface area contributed by atoms with E-state index in [1.807, 2.05) is 12.3 Å². The fraction of sp³-hybridized carbons (Fsp3) is 0.579. The summed E-state index contributed by atoms with van der Waals surface area (Å²) in [5.74, 6) is 0.175. The Morgan fingerprint density at radius 2 is 2.19 bits per heavy atom. The van der Waals surface area contributed by atoms with Crippen molar-refractivity contribution in [2.75, 3.05) is 13.1 Å². The topological polar surface area (TPSA) is 54.3 Å². The van der Waals surface area contributed by atoms with Crippen LogP contribution in [0.15, 0.2) is 27.0 Å². The highest BCUT2D eigenvalue weighted by atomic mass is 32.1. The highest BCUT2D eigenvalue weighted by Gasteiger charge is 2.57. The SMILES string of the molecule is Cc1csc(=O)n1CCC(=O)N(Cc1ccsc1)C1CC12CCNCC2. The summed E-state index contributed by atoms with van der Waals surface area (Å²) >= 11 is 2.88. The number of amides is 1. The highest BCUT2D eigenvalue weighted by Crippen LogP contribution is 2.56. The fourth-order valence-corrected chi connectivity index (χ4v) is 5.63. The second-order valence-corrected chi connectivity index (χ2v) is 9.13. The number of hydrogen-bond acceptors (Lipinski definition) is 5. The van der Waals surface area contributed by atoms with E-state index in [1.165, 1.54) is 16.9 Å². The molecule has 2 aliphatic rings. The molecule has 1 amide bonds. The van der Waals surface area contributed by atoms with Crippen molar-refractivity contribution in [3.8, 4) is 0 Å². The van der Waals surface area contributed by atoms with Crippen LogP contribution >= 0.6 is 22.7 Å². The predicted octanol–water partition coefficient (Wildman–Crippen LogP) is 2.84. The molecule has 4 rings (SSSR count). The first-order valence-corrected chi connectivity index (χ1v) is 11.1. The van der Waals surface area contributed by atoms with Gasteiger partial charge in [-0.3, -0.25) is 9.59 Å². The summed E-state index contributed by atoms with van der Waals surface area (Å²) in [6.45, 7) is 5.21. The van der Waals surface area contributed by atoms with Crippen molar-refractivity contribution in [1.82, 2.24) is 14.8 Å². The molecule has 2 aromatic heterocycles. The molecule has 2 fully saturated rings. The maximum Gasteiger partial charge on any atom is 0.307 e. The van der Waals surface area contributed by atoms with Crippen molar-refractivity contribution in [3.05, 3.63) is 43.1 Å². The molecule has 1 saturated heterocycles. The molecule has 1 N–H and O–H groups in total. The van der Waals surface area contributed by atoms with Crippen LogP contribution in [0.3, 0.4) is 0 Å². The molecule has 1 spiro atoms. The zero-order valence-corrected chi connectivity index (χ0v) is 16.7. The van der Waals surface area contributed by atoms with Crippen LogP contribution in [0.1, 0.15) is 36.9 Å². The summed E-state index contributed by atoms with van der Waals surface area (Å²) in [5, 5.41) is 9.49. The molecule has 1 aliphatic heterocycles. The first-order chi connectivity index (χ1) is 12.6.